The summed E-state index contributed by atoms with van der Waals surface area (Å²) in [5, 5.41) is 13.4. The third-order valence-corrected chi connectivity index (χ3v) is 4.59. The summed E-state index contributed by atoms with van der Waals surface area (Å²) < 4.78 is 4.98. The van der Waals surface area contributed by atoms with E-state index < -0.39 is 4.92 Å². The molecule has 2 aromatic rings. The van der Waals surface area contributed by atoms with Gasteiger partial charge in [0.1, 0.15) is 11.4 Å². The van der Waals surface area contributed by atoms with Crippen molar-refractivity contribution in [1.29, 1.82) is 0 Å². The Morgan fingerprint density at radius 3 is 2.62 bits per heavy atom. The van der Waals surface area contributed by atoms with E-state index in [0.717, 1.165) is 5.56 Å². The molecule has 0 aliphatic rings. The lowest BCUT2D eigenvalue weighted by atomic mass is 10.2. The number of hydrogen-bond donors (Lipinski definition) is 1. The van der Waals surface area contributed by atoms with E-state index in [1.165, 1.54) is 31.0 Å². The van der Waals surface area contributed by atoms with Crippen LogP contribution in [0.5, 0.6) is 5.75 Å². The summed E-state index contributed by atoms with van der Waals surface area (Å²) in [6, 6.07) is 14.2. The Kier molecular flexibility index (Phi) is 6.20. The second-order valence-corrected chi connectivity index (χ2v) is 6.40. The van der Waals surface area contributed by atoms with Gasteiger partial charge in [0.05, 0.1) is 23.3 Å². The molecule has 6 nitrogen and oxygen atoms in total. The highest BCUT2D eigenvalue weighted by Crippen LogP contribution is 2.29. The van der Waals surface area contributed by atoms with Crippen molar-refractivity contribution in [2.75, 3.05) is 12.4 Å². The van der Waals surface area contributed by atoms with Gasteiger partial charge in [-0.25, -0.2) is 0 Å². The number of carbonyl (C=O) groups is 1. The number of rotatable bonds is 7. The second kappa shape index (κ2) is 8.35. The zero-order valence-electron chi connectivity index (χ0n) is 13.4. The van der Waals surface area contributed by atoms with Crippen LogP contribution >= 0.6 is 11.8 Å². The molecule has 0 spiro atoms. The molecule has 1 amide bonds. The van der Waals surface area contributed by atoms with Crippen LogP contribution < -0.4 is 10.1 Å². The summed E-state index contributed by atoms with van der Waals surface area (Å²) >= 11 is 1.47. The van der Waals surface area contributed by atoms with Crippen LogP contribution in [0.4, 0.5) is 11.4 Å². The number of thioether (sulfide) groups is 1. The van der Waals surface area contributed by atoms with Gasteiger partial charge in [-0.1, -0.05) is 30.3 Å². The van der Waals surface area contributed by atoms with Crippen LogP contribution in [0, 0.1) is 10.1 Å². The quantitative estimate of drug-likeness (QED) is 0.608. The number of nitro groups is 1. The highest BCUT2D eigenvalue weighted by molar-refractivity contribution is 7.99. The maximum Gasteiger partial charge on any atom is 0.296 e. The number of nitrogens with one attached hydrogen (secondary N) is 1. The Morgan fingerprint density at radius 1 is 1.29 bits per heavy atom. The number of ether oxygens (including phenoxy) is 1. The van der Waals surface area contributed by atoms with Gasteiger partial charge in [-0.15, -0.1) is 11.8 Å². The van der Waals surface area contributed by atoms with Gasteiger partial charge in [-0.3, -0.25) is 14.9 Å². The summed E-state index contributed by atoms with van der Waals surface area (Å²) in [6.45, 7) is 1.78. The number of carbonyl (C=O) groups excluding carboxylic acids is 1. The molecule has 0 radical (unpaired) electrons. The predicted octanol–water partition coefficient (Wildman–Crippen LogP) is 3.86. The fourth-order valence-electron chi connectivity index (χ4n) is 2.00. The highest BCUT2D eigenvalue weighted by atomic mass is 32.2. The summed E-state index contributed by atoms with van der Waals surface area (Å²) in [6.07, 6.45) is 0. The summed E-state index contributed by atoms with van der Waals surface area (Å²) in [5.41, 5.74) is 1.10. The van der Waals surface area contributed by atoms with Crippen LogP contribution in [-0.2, 0) is 10.5 Å². The van der Waals surface area contributed by atoms with Crippen molar-refractivity contribution in [2.24, 2.45) is 0 Å². The molecule has 0 aliphatic heterocycles. The Bertz CT molecular complexity index is 722. The van der Waals surface area contributed by atoms with Crippen molar-refractivity contribution < 1.29 is 14.5 Å². The predicted molar refractivity (Wildman–Crippen MR) is 95.5 cm³/mol. The molecule has 126 valence electrons. The monoisotopic (exact) mass is 346 g/mol. The molecule has 1 atom stereocenters. The average molecular weight is 346 g/mol. The number of anilines is 1. The van der Waals surface area contributed by atoms with Crippen LogP contribution in [0.1, 0.15) is 12.5 Å². The molecule has 24 heavy (non-hydrogen) atoms. The summed E-state index contributed by atoms with van der Waals surface area (Å²) in [4.78, 5) is 22.9. The topological polar surface area (TPSA) is 81.5 Å². The van der Waals surface area contributed by atoms with Crippen molar-refractivity contribution in [2.45, 2.75) is 17.9 Å². The molecule has 0 bridgehead atoms. The Labute approximate surface area is 144 Å². The van der Waals surface area contributed by atoms with Crippen molar-refractivity contribution in [3.05, 3.63) is 64.2 Å². The molecule has 2 rings (SSSR count). The number of hydrogen-bond acceptors (Lipinski definition) is 5. The maximum absolute atomic E-state index is 12.3. The lowest BCUT2D eigenvalue weighted by Gasteiger charge is -2.12. The molecule has 0 saturated carbocycles. The van der Waals surface area contributed by atoms with Crippen LogP contribution in [0.15, 0.2) is 48.5 Å². The van der Waals surface area contributed by atoms with Crippen LogP contribution in [0.25, 0.3) is 0 Å². The molecule has 1 N–H and O–H groups in total. The lowest BCUT2D eigenvalue weighted by Crippen LogP contribution is -2.23. The first kappa shape index (κ1) is 17.8. The highest BCUT2D eigenvalue weighted by Gasteiger charge is 2.20. The first-order valence-corrected chi connectivity index (χ1v) is 8.35. The second-order valence-electron chi connectivity index (χ2n) is 5.07. The third-order valence-electron chi connectivity index (χ3n) is 3.37. The molecule has 0 unspecified atom stereocenters. The number of nitrogens with zero attached hydrogens (tertiary/aromatic N) is 1. The zero-order valence-corrected chi connectivity index (χ0v) is 14.2. The van der Waals surface area contributed by atoms with E-state index in [1.54, 1.807) is 13.0 Å². The van der Waals surface area contributed by atoms with Gasteiger partial charge in [-0.05, 0) is 24.6 Å². The Hall–Kier alpha value is -2.54. The first-order chi connectivity index (χ1) is 11.5. The lowest BCUT2D eigenvalue weighted by molar-refractivity contribution is -0.384. The van der Waals surface area contributed by atoms with E-state index in [0.29, 0.717) is 11.5 Å². The maximum atomic E-state index is 12.3. The van der Waals surface area contributed by atoms with E-state index in [1.807, 2.05) is 30.3 Å². The molecule has 7 heteroatoms. The van der Waals surface area contributed by atoms with Crippen LogP contribution in [-0.4, -0.2) is 23.2 Å². The number of methoxy groups -OCH3 is 1. The van der Waals surface area contributed by atoms with Crippen LogP contribution in [0.3, 0.4) is 0 Å². The average Bonchev–Trinajstić information content (AvgIpc) is 2.60. The molecular weight excluding hydrogens is 328 g/mol. The summed E-state index contributed by atoms with van der Waals surface area (Å²) in [5.74, 6) is 0.788. The van der Waals surface area contributed by atoms with Gasteiger partial charge < -0.3 is 10.1 Å². The van der Waals surface area contributed by atoms with Crippen LogP contribution in [0.2, 0.25) is 0 Å². The van der Waals surface area contributed by atoms with Crippen molar-refractivity contribution >= 4 is 29.0 Å². The van der Waals surface area contributed by atoms with Gasteiger partial charge in [0.2, 0.25) is 5.91 Å². The van der Waals surface area contributed by atoms with Crippen molar-refractivity contribution in [3.8, 4) is 5.75 Å². The van der Waals surface area contributed by atoms with E-state index in [2.05, 4.69) is 5.32 Å². The van der Waals surface area contributed by atoms with Crippen molar-refractivity contribution in [1.82, 2.24) is 0 Å². The fourth-order valence-corrected chi connectivity index (χ4v) is 2.85. The molecule has 0 saturated heterocycles. The third kappa shape index (κ3) is 4.73. The minimum absolute atomic E-state index is 0.165. The molecule has 0 heterocycles. The molecule has 0 aromatic heterocycles. The van der Waals surface area contributed by atoms with E-state index in [-0.39, 0.29) is 22.5 Å². The van der Waals surface area contributed by atoms with Gasteiger partial charge >= 0.3 is 0 Å². The normalized spacial score (nSPS) is 11.6. The zero-order chi connectivity index (χ0) is 17.5. The number of benzene rings is 2. The van der Waals surface area contributed by atoms with E-state index >= 15 is 0 Å². The number of amides is 1. The number of nitro benzene ring substituents is 1. The Balaban J connectivity index is 2.02. The molecule has 2 aromatic carbocycles. The van der Waals surface area contributed by atoms with E-state index in [4.69, 9.17) is 4.74 Å². The molecule has 0 fully saturated rings. The van der Waals surface area contributed by atoms with Gasteiger partial charge in [0.25, 0.3) is 5.69 Å². The fraction of sp³-hybridized carbons (Fsp3) is 0.235. The van der Waals surface area contributed by atoms with Gasteiger partial charge in [0.15, 0.2) is 0 Å². The van der Waals surface area contributed by atoms with Crippen molar-refractivity contribution in [3.63, 3.8) is 0 Å². The molecule has 0 aliphatic carbocycles. The van der Waals surface area contributed by atoms with Gasteiger partial charge in [-0.2, -0.15) is 0 Å². The summed E-state index contributed by atoms with van der Waals surface area (Å²) in [7, 11) is 1.43. The minimum atomic E-state index is -0.542. The van der Waals surface area contributed by atoms with Gasteiger partial charge in [0, 0.05) is 5.75 Å². The first-order valence-electron chi connectivity index (χ1n) is 7.30. The standard InChI is InChI=1S/C17H18N2O4S/c1-12(24-11-13-6-4-3-5-7-13)17(20)18-15-9-8-14(23-2)10-16(15)19(21)22/h3-10,12H,11H2,1-2H3,(H,18,20)/t12-/m0/s1. The Morgan fingerprint density at radius 2 is 2.00 bits per heavy atom. The smallest absolute Gasteiger partial charge is 0.296 e. The molecular formula is C17H18N2O4S. The largest absolute Gasteiger partial charge is 0.496 e. The van der Waals surface area contributed by atoms with E-state index in [9.17, 15) is 14.9 Å². The minimum Gasteiger partial charge on any atom is -0.496 e. The SMILES string of the molecule is COc1ccc(NC(=O)[C@H](C)SCc2ccccc2)c([N+](=O)[O-])c1.